The molecule has 0 amide bonds. The first-order chi connectivity index (χ1) is 13.3. The van der Waals surface area contributed by atoms with E-state index in [0.717, 1.165) is 29.1 Å². The molecule has 0 spiro atoms. The average molecular weight is 357 g/mol. The number of nitrogens with zero attached hydrogens (tertiary/aromatic N) is 1. The van der Waals surface area contributed by atoms with Gasteiger partial charge in [-0.05, 0) is 23.3 Å². The topological polar surface area (TPSA) is 56.6 Å². The largest absolute Gasteiger partial charge is 0.391 e. The fraction of sp³-hybridized carbons (Fsp3) is 0.174. The Labute approximate surface area is 159 Å². The third-order valence-electron chi connectivity index (χ3n) is 4.75. The molecule has 4 heteroatoms. The Kier molecular flexibility index (Phi) is 5.17. The highest BCUT2D eigenvalue weighted by atomic mass is 16.3. The van der Waals surface area contributed by atoms with Crippen LogP contribution in [0, 0.1) is 0 Å². The lowest BCUT2D eigenvalue weighted by atomic mass is 9.96. The lowest BCUT2D eigenvalue weighted by molar-refractivity contribution is 0.188. The Bertz CT molecular complexity index is 920. The van der Waals surface area contributed by atoms with Crippen LogP contribution >= 0.6 is 0 Å². The van der Waals surface area contributed by atoms with Gasteiger partial charge in [0, 0.05) is 29.8 Å². The highest BCUT2D eigenvalue weighted by Gasteiger charge is 2.15. The lowest BCUT2D eigenvalue weighted by Crippen LogP contribution is -2.22. The molecule has 0 aliphatic carbocycles. The summed E-state index contributed by atoms with van der Waals surface area (Å²) < 4.78 is 0. The zero-order chi connectivity index (χ0) is 18.5. The molecule has 1 unspecified atom stereocenters. The van der Waals surface area contributed by atoms with Gasteiger partial charge in [-0.3, -0.25) is 0 Å². The van der Waals surface area contributed by atoms with E-state index in [2.05, 4.69) is 46.2 Å². The molecule has 4 nitrogen and oxygen atoms in total. The summed E-state index contributed by atoms with van der Waals surface area (Å²) in [5, 5.41) is 18.0. The van der Waals surface area contributed by atoms with Crippen molar-refractivity contribution >= 4 is 11.4 Å². The number of hydrogen-bond acceptors (Lipinski definition) is 4. The molecule has 0 bridgehead atoms. The van der Waals surface area contributed by atoms with Crippen molar-refractivity contribution in [1.29, 1.82) is 0 Å². The standard InChI is InChI=1S/C23H23N3O/c27-21(14-17-6-2-1-3-7-17)16-24-20-12-10-18(11-13-20)23-22-9-5-4-8-19(22)15-25-26-23/h1-13,21,24-25,27H,14-16H2. The molecule has 1 aliphatic heterocycles. The molecule has 3 aromatic carbocycles. The smallest absolute Gasteiger partial charge is 0.0977 e. The van der Waals surface area contributed by atoms with E-state index in [-0.39, 0.29) is 0 Å². The van der Waals surface area contributed by atoms with Crippen LogP contribution in [0.2, 0.25) is 0 Å². The first-order valence-electron chi connectivity index (χ1n) is 9.25. The zero-order valence-corrected chi connectivity index (χ0v) is 15.1. The Hall–Kier alpha value is -3.11. The van der Waals surface area contributed by atoms with Crippen molar-refractivity contribution in [2.75, 3.05) is 11.9 Å². The van der Waals surface area contributed by atoms with Gasteiger partial charge in [0.25, 0.3) is 0 Å². The number of hydrazone groups is 1. The quantitative estimate of drug-likeness (QED) is 0.632. The molecule has 3 N–H and O–H groups in total. The van der Waals surface area contributed by atoms with Crippen LogP contribution in [0.25, 0.3) is 0 Å². The van der Waals surface area contributed by atoms with E-state index in [1.165, 1.54) is 11.1 Å². The molecule has 0 saturated heterocycles. The van der Waals surface area contributed by atoms with Crippen molar-refractivity contribution in [2.24, 2.45) is 5.10 Å². The van der Waals surface area contributed by atoms with E-state index in [1.807, 2.05) is 48.5 Å². The van der Waals surface area contributed by atoms with Crippen LogP contribution in [-0.2, 0) is 13.0 Å². The number of anilines is 1. The van der Waals surface area contributed by atoms with Crippen molar-refractivity contribution in [3.8, 4) is 0 Å². The van der Waals surface area contributed by atoms with Gasteiger partial charge in [0.05, 0.1) is 18.4 Å². The zero-order valence-electron chi connectivity index (χ0n) is 15.1. The summed E-state index contributed by atoms with van der Waals surface area (Å²) in [6.07, 6.45) is 0.219. The van der Waals surface area contributed by atoms with E-state index >= 15 is 0 Å². The lowest BCUT2D eigenvalue weighted by Gasteiger charge is -2.18. The molecule has 1 atom stereocenters. The molecule has 0 radical (unpaired) electrons. The fourth-order valence-electron chi connectivity index (χ4n) is 3.33. The maximum atomic E-state index is 10.2. The first kappa shape index (κ1) is 17.3. The summed E-state index contributed by atoms with van der Waals surface area (Å²) in [6.45, 7) is 1.28. The second-order valence-electron chi connectivity index (χ2n) is 6.75. The monoisotopic (exact) mass is 357 g/mol. The van der Waals surface area contributed by atoms with Gasteiger partial charge in [0.1, 0.15) is 0 Å². The van der Waals surface area contributed by atoms with Crippen molar-refractivity contribution in [3.05, 3.63) is 101 Å². The van der Waals surface area contributed by atoms with Crippen molar-refractivity contribution in [3.63, 3.8) is 0 Å². The number of benzene rings is 3. The van der Waals surface area contributed by atoms with Gasteiger partial charge in [0.15, 0.2) is 0 Å². The minimum atomic E-state index is -0.425. The fourth-order valence-corrected chi connectivity index (χ4v) is 3.33. The van der Waals surface area contributed by atoms with Crippen LogP contribution in [0.3, 0.4) is 0 Å². The van der Waals surface area contributed by atoms with Crippen LogP contribution in [0.5, 0.6) is 0 Å². The molecule has 27 heavy (non-hydrogen) atoms. The second kappa shape index (κ2) is 8.06. The predicted molar refractivity (Wildman–Crippen MR) is 110 cm³/mol. The average Bonchev–Trinajstić information content (AvgIpc) is 2.73. The van der Waals surface area contributed by atoms with Crippen LogP contribution < -0.4 is 10.7 Å². The minimum Gasteiger partial charge on any atom is -0.391 e. The van der Waals surface area contributed by atoms with E-state index in [0.29, 0.717) is 13.0 Å². The van der Waals surface area contributed by atoms with Gasteiger partial charge in [-0.15, -0.1) is 0 Å². The predicted octanol–water partition coefficient (Wildman–Crippen LogP) is 3.56. The first-order valence-corrected chi connectivity index (χ1v) is 9.25. The maximum Gasteiger partial charge on any atom is 0.0977 e. The van der Waals surface area contributed by atoms with E-state index in [4.69, 9.17) is 0 Å². The number of rotatable bonds is 6. The highest BCUT2D eigenvalue weighted by Crippen LogP contribution is 2.20. The minimum absolute atomic E-state index is 0.425. The van der Waals surface area contributed by atoms with Crippen molar-refractivity contribution in [1.82, 2.24) is 5.43 Å². The van der Waals surface area contributed by atoms with Gasteiger partial charge in [-0.1, -0.05) is 66.7 Å². The summed E-state index contributed by atoms with van der Waals surface area (Å²) in [6, 6.07) is 26.6. The Morgan fingerprint density at radius 2 is 1.67 bits per heavy atom. The van der Waals surface area contributed by atoms with Crippen molar-refractivity contribution < 1.29 is 5.11 Å². The van der Waals surface area contributed by atoms with Gasteiger partial charge >= 0.3 is 0 Å². The molecule has 136 valence electrons. The van der Waals surface area contributed by atoms with Crippen LogP contribution in [0.4, 0.5) is 5.69 Å². The van der Waals surface area contributed by atoms with Crippen molar-refractivity contribution in [2.45, 2.75) is 19.1 Å². The summed E-state index contributed by atoms with van der Waals surface area (Å²) >= 11 is 0. The Balaban J connectivity index is 1.39. The summed E-state index contributed by atoms with van der Waals surface area (Å²) in [4.78, 5) is 0. The normalized spacial score (nSPS) is 13.9. The highest BCUT2D eigenvalue weighted by molar-refractivity contribution is 6.14. The third-order valence-corrected chi connectivity index (χ3v) is 4.75. The van der Waals surface area contributed by atoms with Gasteiger partial charge in [-0.25, -0.2) is 0 Å². The number of hydrogen-bond donors (Lipinski definition) is 3. The number of fused-ring (bicyclic) bond motifs is 1. The van der Waals surface area contributed by atoms with Gasteiger partial charge in [0.2, 0.25) is 0 Å². The Morgan fingerprint density at radius 3 is 2.48 bits per heavy atom. The van der Waals surface area contributed by atoms with E-state index in [1.54, 1.807) is 0 Å². The van der Waals surface area contributed by atoms with E-state index < -0.39 is 6.10 Å². The van der Waals surface area contributed by atoms with Gasteiger partial charge < -0.3 is 15.8 Å². The molecule has 0 saturated carbocycles. The molecule has 1 heterocycles. The van der Waals surface area contributed by atoms with Crippen LogP contribution in [-0.4, -0.2) is 23.5 Å². The van der Waals surface area contributed by atoms with E-state index in [9.17, 15) is 5.11 Å². The molecular weight excluding hydrogens is 334 g/mol. The maximum absolute atomic E-state index is 10.2. The molecule has 1 aliphatic rings. The summed E-state index contributed by atoms with van der Waals surface area (Å²) in [5.74, 6) is 0. The summed E-state index contributed by atoms with van der Waals surface area (Å²) in [5.41, 5.74) is 9.71. The van der Waals surface area contributed by atoms with Gasteiger partial charge in [-0.2, -0.15) is 5.10 Å². The molecule has 0 fully saturated rings. The SMILES string of the molecule is OC(CNc1ccc(C2=NNCc3ccccc32)cc1)Cc1ccccc1. The molecule has 4 rings (SSSR count). The molecular formula is C23H23N3O. The molecule has 3 aromatic rings. The number of aliphatic hydroxyl groups is 1. The van der Waals surface area contributed by atoms with Crippen LogP contribution in [0.15, 0.2) is 84.0 Å². The Morgan fingerprint density at radius 1 is 0.926 bits per heavy atom. The van der Waals surface area contributed by atoms with Crippen LogP contribution in [0.1, 0.15) is 22.3 Å². The number of aliphatic hydroxyl groups excluding tert-OH is 1. The second-order valence-corrected chi connectivity index (χ2v) is 6.75. The third kappa shape index (κ3) is 4.18. The molecule has 0 aromatic heterocycles. The number of nitrogens with one attached hydrogen (secondary N) is 2. The summed E-state index contributed by atoms with van der Waals surface area (Å²) in [7, 11) is 0.